The summed E-state index contributed by atoms with van der Waals surface area (Å²) in [6.07, 6.45) is 12.5. The lowest BCUT2D eigenvalue weighted by Crippen LogP contribution is -2.34. The third-order valence-corrected chi connectivity index (χ3v) is 6.80. The van der Waals surface area contributed by atoms with Gasteiger partial charge in [-0.2, -0.15) is 5.10 Å². The molecule has 0 saturated carbocycles. The zero-order valence-electron chi connectivity index (χ0n) is 24.1. The van der Waals surface area contributed by atoms with E-state index in [9.17, 15) is 14.4 Å². The second kappa shape index (κ2) is 17.5. The number of amides is 2. The van der Waals surface area contributed by atoms with Gasteiger partial charge in [-0.15, -0.1) is 0 Å². The first-order chi connectivity index (χ1) is 20.0. The first-order valence-corrected chi connectivity index (χ1v) is 14.5. The number of hydrogen-bond donors (Lipinski definition) is 2. The van der Waals surface area contributed by atoms with Gasteiger partial charge in [0, 0.05) is 12.0 Å². The second-order valence-electron chi connectivity index (χ2n) is 9.96. The molecule has 2 N–H and O–H groups in total. The molecule has 218 valence electrons. The van der Waals surface area contributed by atoms with Crippen molar-refractivity contribution in [2.75, 3.05) is 13.7 Å². The van der Waals surface area contributed by atoms with Gasteiger partial charge in [0.05, 0.1) is 25.4 Å². The van der Waals surface area contributed by atoms with Crippen LogP contribution in [0.25, 0.3) is 10.8 Å². The summed E-state index contributed by atoms with van der Waals surface area (Å²) in [5, 5.41) is 8.45. The minimum absolute atomic E-state index is 0.145. The molecule has 0 aromatic heterocycles. The van der Waals surface area contributed by atoms with E-state index in [-0.39, 0.29) is 12.5 Å². The lowest BCUT2D eigenvalue weighted by Gasteiger charge is -2.11. The van der Waals surface area contributed by atoms with E-state index in [0.717, 1.165) is 30.0 Å². The van der Waals surface area contributed by atoms with Crippen molar-refractivity contribution in [3.63, 3.8) is 0 Å². The monoisotopic (exact) mass is 559 g/mol. The molecule has 41 heavy (non-hydrogen) atoms. The molecular formula is C33H41N3O5. The van der Waals surface area contributed by atoms with Crippen molar-refractivity contribution in [1.82, 2.24) is 10.7 Å². The van der Waals surface area contributed by atoms with Gasteiger partial charge in [0.2, 0.25) is 5.91 Å². The summed E-state index contributed by atoms with van der Waals surface area (Å²) in [5.74, 6) is -0.184. The molecule has 0 saturated heterocycles. The van der Waals surface area contributed by atoms with Gasteiger partial charge < -0.3 is 14.8 Å². The van der Waals surface area contributed by atoms with Gasteiger partial charge in [-0.3, -0.25) is 9.59 Å². The van der Waals surface area contributed by atoms with Gasteiger partial charge in [-0.25, -0.2) is 10.2 Å². The molecule has 0 fully saturated rings. The van der Waals surface area contributed by atoms with Crippen molar-refractivity contribution in [2.45, 2.75) is 71.1 Å². The molecule has 0 spiro atoms. The third kappa shape index (κ3) is 10.7. The Morgan fingerprint density at radius 1 is 0.805 bits per heavy atom. The number of hydrazone groups is 1. The molecule has 0 aliphatic rings. The number of methoxy groups -OCH3 is 1. The van der Waals surface area contributed by atoms with Crippen molar-refractivity contribution >= 4 is 34.8 Å². The second-order valence-corrected chi connectivity index (χ2v) is 9.96. The van der Waals surface area contributed by atoms with Crippen molar-refractivity contribution < 1.29 is 23.9 Å². The highest BCUT2D eigenvalue weighted by molar-refractivity contribution is 6.04. The summed E-state index contributed by atoms with van der Waals surface area (Å²) >= 11 is 0. The van der Waals surface area contributed by atoms with E-state index in [0.29, 0.717) is 29.0 Å². The summed E-state index contributed by atoms with van der Waals surface area (Å²) in [7, 11) is 1.56. The Hall–Kier alpha value is -4.20. The van der Waals surface area contributed by atoms with Crippen molar-refractivity contribution in [1.29, 1.82) is 0 Å². The minimum atomic E-state index is -0.531. The molecule has 2 amide bonds. The average molecular weight is 560 g/mol. The molecule has 0 bridgehead atoms. The fourth-order valence-corrected chi connectivity index (χ4v) is 4.46. The molecule has 0 aliphatic carbocycles. The molecule has 0 radical (unpaired) electrons. The molecule has 3 rings (SSSR count). The fourth-order valence-electron chi connectivity index (χ4n) is 4.46. The fraction of sp³-hybridized carbons (Fsp3) is 0.394. The highest BCUT2D eigenvalue weighted by Crippen LogP contribution is 2.27. The van der Waals surface area contributed by atoms with Crippen LogP contribution in [0, 0.1) is 0 Å². The van der Waals surface area contributed by atoms with Gasteiger partial charge in [0.25, 0.3) is 5.91 Å². The van der Waals surface area contributed by atoms with Gasteiger partial charge in [0.15, 0.2) is 0 Å². The number of hydrogen-bond acceptors (Lipinski definition) is 6. The zero-order chi connectivity index (χ0) is 29.3. The number of ether oxygens (including phenoxy) is 2. The van der Waals surface area contributed by atoms with Gasteiger partial charge in [0.1, 0.15) is 11.5 Å². The first-order valence-electron chi connectivity index (χ1n) is 14.5. The van der Waals surface area contributed by atoms with Gasteiger partial charge in [-0.1, -0.05) is 88.6 Å². The normalized spacial score (nSPS) is 11.0. The Morgan fingerprint density at radius 2 is 1.49 bits per heavy atom. The standard InChI is InChI=1S/C33H41N3O5/c1-3-4-5-6-7-8-9-10-11-16-31(37)34-24-32(38)36-35-23-29-28-15-13-12-14-25(28)19-22-30(29)41-33(39)26-17-20-27(40-2)21-18-26/h12-15,17-23H,3-11,16,24H2,1-2H3,(H,34,37)(H,36,38). The predicted molar refractivity (Wildman–Crippen MR) is 162 cm³/mol. The average Bonchev–Trinajstić information content (AvgIpc) is 3.00. The number of benzene rings is 3. The number of carbonyl (C=O) groups is 3. The Bertz CT molecular complexity index is 1300. The topological polar surface area (TPSA) is 106 Å². The lowest BCUT2D eigenvalue weighted by atomic mass is 10.0. The zero-order valence-corrected chi connectivity index (χ0v) is 24.1. The van der Waals surface area contributed by atoms with Crippen LogP contribution in [0.1, 0.15) is 87.1 Å². The third-order valence-electron chi connectivity index (χ3n) is 6.80. The maximum absolute atomic E-state index is 12.8. The van der Waals surface area contributed by atoms with Crippen molar-refractivity contribution in [2.24, 2.45) is 5.10 Å². The SMILES string of the molecule is CCCCCCCCCCCC(=O)NCC(=O)NN=Cc1c(OC(=O)c2ccc(OC)cc2)ccc2ccccc12. The number of nitrogens with one attached hydrogen (secondary N) is 2. The molecule has 8 heteroatoms. The van der Waals surface area contributed by atoms with E-state index in [4.69, 9.17) is 9.47 Å². The van der Waals surface area contributed by atoms with Crippen molar-refractivity contribution in [3.05, 3.63) is 71.8 Å². The summed E-state index contributed by atoms with van der Waals surface area (Å²) in [6, 6.07) is 17.8. The quantitative estimate of drug-likeness (QED) is 0.0641. The molecular weight excluding hydrogens is 518 g/mol. The van der Waals surface area contributed by atoms with E-state index in [1.807, 2.05) is 30.3 Å². The van der Waals surface area contributed by atoms with Crippen LogP contribution in [0.4, 0.5) is 0 Å². The van der Waals surface area contributed by atoms with Gasteiger partial charge >= 0.3 is 5.97 Å². The largest absolute Gasteiger partial charge is 0.497 e. The van der Waals surface area contributed by atoms with Gasteiger partial charge in [-0.05, 0) is 47.5 Å². The van der Waals surface area contributed by atoms with Crippen LogP contribution < -0.4 is 20.2 Å². The highest BCUT2D eigenvalue weighted by Gasteiger charge is 2.14. The minimum Gasteiger partial charge on any atom is -0.497 e. The number of carbonyl (C=O) groups excluding carboxylic acids is 3. The van der Waals surface area contributed by atoms with Crippen LogP contribution in [0.2, 0.25) is 0 Å². The van der Waals surface area contributed by atoms with E-state index in [2.05, 4.69) is 22.8 Å². The van der Waals surface area contributed by atoms with E-state index < -0.39 is 11.9 Å². The smallest absolute Gasteiger partial charge is 0.343 e. The predicted octanol–water partition coefficient (Wildman–Crippen LogP) is 6.55. The maximum atomic E-state index is 12.8. The van der Waals surface area contributed by atoms with Crippen molar-refractivity contribution in [3.8, 4) is 11.5 Å². The van der Waals surface area contributed by atoms with Crippen LogP contribution in [0.15, 0.2) is 65.8 Å². The molecule has 0 aliphatic heterocycles. The Labute approximate surface area is 242 Å². The highest BCUT2D eigenvalue weighted by atomic mass is 16.5. The van der Waals surface area contributed by atoms with Crippen LogP contribution in [0.5, 0.6) is 11.5 Å². The molecule has 0 unspecified atom stereocenters. The summed E-state index contributed by atoms with van der Waals surface area (Å²) in [6.45, 7) is 2.05. The van der Waals surface area contributed by atoms with Crippen LogP contribution in [-0.2, 0) is 9.59 Å². The molecule has 3 aromatic rings. The molecule has 8 nitrogen and oxygen atoms in total. The molecule has 0 atom stereocenters. The molecule has 3 aromatic carbocycles. The first kappa shape index (κ1) is 31.3. The maximum Gasteiger partial charge on any atom is 0.343 e. The summed E-state index contributed by atoms with van der Waals surface area (Å²) in [4.78, 5) is 37.2. The lowest BCUT2D eigenvalue weighted by molar-refractivity contribution is -0.126. The Kier molecular flexibility index (Phi) is 13.4. The number of esters is 1. The Morgan fingerprint density at radius 3 is 2.20 bits per heavy atom. The summed E-state index contributed by atoms with van der Waals surface area (Å²) < 4.78 is 10.8. The Balaban J connectivity index is 1.49. The van der Waals surface area contributed by atoms with E-state index >= 15 is 0 Å². The number of nitrogens with zero attached hydrogens (tertiary/aromatic N) is 1. The van der Waals surface area contributed by atoms with Crippen LogP contribution in [-0.4, -0.2) is 37.7 Å². The number of unbranched alkanes of at least 4 members (excludes halogenated alkanes) is 8. The van der Waals surface area contributed by atoms with Crippen LogP contribution >= 0.6 is 0 Å². The van der Waals surface area contributed by atoms with E-state index in [1.165, 1.54) is 44.7 Å². The molecule has 0 heterocycles. The summed E-state index contributed by atoms with van der Waals surface area (Å²) in [5.41, 5.74) is 3.35. The number of rotatable bonds is 17. The van der Waals surface area contributed by atoms with Crippen LogP contribution in [0.3, 0.4) is 0 Å². The van der Waals surface area contributed by atoms with E-state index in [1.54, 1.807) is 37.4 Å². The number of fused-ring (bicyclic) bond motifs is 1.